The fraction of sp³-hybridized carbons (Fsp3) is 0.346. The first-order valence-electron chi connectivity index (χ1n) is 11.4. The van der Waals surface area contributed by atoms with Gasteiger partial charge < -0.3 is 15.4 Å². The minimum absolute atomic E-state index is 0.0602. The van der Waals surface area contributed by atoms with E-state index >= 15 is 0 Å². The highest BCUT2D eigenvalue weighted by Crippen LogP contribution is 2.38. The lowest BCUT2D eigenvalue weighted by atomic mass is 9.78. The van der Waals surface area contributed by atoms with Crippen LogP contribution in [0.1, 0.15) is 28.2 Å². The number of rotatable bonds is 9. The van der Waals surface area contributed by atoms with Crippen molar-refractivity contribution in [2.24, 2.45) is 0 Å². The van der Waals surface area contributed by atoms with E-state index in [1.165, 1.54) is 7.11 Å². The Kier molecular flexibility index (Phi) is 8.05. The fourth-order valence-electron chi connectivity index (χ4n) is 4.19. The Morgan fingerprint density at radius 1 is 1.03 bits per heavy atom. The number of nitrogens with zero attached hydrogens (tertiary/aromatic N) is 2. The van der Waals surface area contributed by atoms with E-state index in [0.29, 0.717) is 18.8 Å². The van der Waals surface area contributed by atoms with E-state index in [4.69, 9.17) is 9.72 Å². The summed E-state index contributed by atoms with van der Waals surface area (Å²) in [7, 11) is 1.51. The lowest BCUT2D eigenvalue weighted by molar-refractivity contribution is -0.125. The molecule has 4 rings (SSSR count). The second-order valence-corrected chi connectivity index (χ2v) is 9.40. The summed E-state index contributed by atoms with van der Waals surface area (Å²) in [5.74, 6) is -0.198. The van der Waals surface area contributed by atoms with Gasteiger partial charge in [-0.2, -0.15) is 0 Å². The monoisotopic (exact) mass is 478 g/mol. The zero-order chi connectivity index (χ0) is 23.8. The van der Waals surface area contributed by atoms with E-state index in [1.807, 2.05) is 48.5 Å². The Hall–Kier alpha value is -3.07. The third kappa shape index (κ3) is 5.88. The van der Waals surface area contributed by atoms with E-state index in [-0.39, 0.29) is 23.8 Å². The van der Waals surface area contributed by atoms with Crippen molar-refractivity contribution >= 4 is 23.2 Å². The Bertz CT molecular complexity index is 1080. The molecule has 2 aromatic carbocycles. The molecule has 2 amide bonds. The summed E-state index contributed by atoms with van der Waals surface area (Å²) in [5, 5.41) is 9.20. The summed E-state index contributed by atoms with van der Waals surface area (Å²) in [6, 6.07) is 19.4. The predicted molar refractivity (Wildman–Crippen MR) is 134 cm³/mol. The number of carbonyl (C=O) groups excluding carboxylic acids is 2. The van der Waals surface area contributed by atoms with Crippen LogP contribution in [0.25, 0.3) is 11.3 Å². The molecule has 7 nitrogen and oxygen atoms in total. The third-order valence-electron chi connectivity index (χ3n) is 6.24. The minimum Gasteiger partial charge on any atom is -0.375 e. The van der Waals surface area contributed by atoms with Crippen molar-refractivity contribution in [1.29, 1.82) is 0 Å². The number of aromatic nitrogens is 1. The largest absolute Gasteiger partial charge is 0.375 e. The number of methoxy groups -OCH3 is 1. The second kappa shape index (κ2) is 11.4. The summed E-state index contributed by atoms with van der Waals surface area (Å²) in [6.07, 6.45) is 1.67. The summed E-state index contributed by atoms with van der Waals surface area (Å²) in [6.45, 7) is 2.67. The number of thiazole rings is 1. The molecule has 1 aliphatic heterocycles. The van der Waals surface area contributed by atoms with E-state index in [1.54, 1.807) is 11.3 Å². The average Bonchev–Trinajstić information content (AvgIpc) is 3.39. The van der Waals surface area contributed by atoms with Gasteiger partial charge in [0.2, 0.25) is 5.91 Å². The van der Waals surface area contributed by atoms with Gasteiger partial charge >= 0.3 is 0 Å². The van der Waals surface area contributed by atoms with Gasteiger partial charge in [-0.1, -0.05) is 48.5 Å². The second-order valence-electron chi connectivity index (χ2n) is 8.54. The first kappa shape index (κ1) is 24.1. The maximum Gasteiger partial charge on any atom is 0.251 e. The number of carbonyl (C=O) groups is 2. The highest BCUT2D eigenvalue weighted by Gasteiger charge is 2.39. The first-order valence-corrected chi connectivity index (χ1v) is 12.3. The lowest BCUT2D eigenvalue weighted by Gasteiger charge is -2.40. The molecule has 1 fully saturated rings. The van der Waals surface area contributed by atoms with Gasteiger partial charge in [-0.05, 0) is 25.0 Å². The van der Waals surface area contributed by atoms with E-state index in [2.05, 4.69) is 33.0 Å². The van der Waals surface area contributed by atoms with Gasteiger partial charge in [-0.25, -0.2) is 4.98 Å². The molecule has 0 spiro atoms. The van der Waals surface area contributed by atoms with Crippen molar-refractivity contribution < 1.29 is 14.3 Å². The number of hydrogen-bond acceptors (Lipinski definition) is 6. The molecular weight excluding hydrogens is 448 g/mol. The van der Waals surface area contributed by atoms with E-state index in [0.717, 1.165) is 42.2 Å². The maximum atomic E-state index is 12.8. The van der Waals surface area contributed by atoms with Crippen LogP contribution in [0.5, 0.6) is 0 Å². The Morgan fingerprint density at radius 2 is 1.71 bits per heavy atom. The van der Waals surface area contributed by atoms with Gasteiger partial charge in [0.1, 0.15) is 11.6 Å². The number of benzene rings is 2. The third-order valence-corrected chi connectivity index (χ3v) is 7.33. The Morgan fingerprint density at radius 3 is 2.38 bits per heavy atom. The number of hydrogen-bond donors (Lipinski definition) is 2. The van der Waals surface area contributed by atoms with Crippen molar-refractivity contribution in [2.45, 2.75) is 18.3 Å². The van der Waals surface area contributed by atoms with Crippen LogP contribution in [0.3, 0.4) is 0 Å². The molecule has 0 unspecified atom stereocenters. The van der Waals surface area contributed by atoms with Crippen LogP contribution < -0.4 is 10.6 Å². The molecule has 2 N–H and O–H groups in total. The molecule has 1 saturated heterocycles. The van der Waals surface area contributed by atoms with E-state index in [9.17, 15) is 9.59 Å². The Labute approximate surface area is 204 Å². The molecule has 0 atom stereocenters. The van der Waals surface area contributed by atoms with Gasteiger partial charge in [-0.15, -0.1) is 11.3 Å². The van der Waals surface area contributed by atoms with Gasteiger partial charge in [0, 0.05) is 48.7 Å². The molecule has 0 radical (unpaired) electrons. The highest BCUT2D eigenvalue weighted by atomic mass is 32.1. The van der Waals surface area contributed by atoms with Crippen LogP contribution in [0.4, 0.5) is 0 Å². The molecule has 0 saturated carbocycles. The van der Waals surface area contributed by atoms with Crippen molar-refractivity contribution in [2.75, 3.05) is 40.0 Å². The zero-order valence-electron chi connectivity index (χ0n) is 19.3. The molecule has 1 aromatic heterocycles. The molecule has 2 heterocycles. The quantitative estimate of drug-likeness (QED) is 0.493. The zero-order valence-corrected chi connectivity index (χ0v) is 20.1. The van der Waals surface area contributed by atoms with Gasteiger partial charge in [0.15, 0.2) is 0 Å². The molecule has 3 aromatic rings. The van der Waals surface area contributed by atoms with Crippen LogP contribution in [0.2, 0.25) is 0 Å². The molecule has 34 heavy (non-hydrogen) atoms. The summed E-state index contributed by atoms with van der Waals surface area (Å²) >= 11 is 1.66. The van der Waals surface area contributed by atoms with Crippen molar-refractivity contribution in [3.8, 4) is 11.3 Å². The molecule has 0 bridgehead atoms. The number of nitrogens with one attached hydrogen (secondary N) is 2. The van der Waals surface area contributed by atoms with Crippen LogP contribution in [-0.2, 0) is 14.9 Å². The SMILES string of the molecule is COCC(=O)NCN1CCC(CNC(=O)c2ccccc2)(c2nc(-c3ccccc3)cs2)CC1. The van der Waals surface area contributed by atoms with Gasteiger partial charge in [-0.3, -0.25) is 14.5 Å². The number of ether oxygens (including phenoxy) is 1. The normalized spacial score (nSPS) is 15.6. The van der Waals surface area contributed by atoms with Gasteiger partial charge in [0.25, 0.3) is 5.91 Å². The van der Waals surface area contributed by atoms with Crippen molar-refractivity contribution in [1.82, 2.24) is 20.5 Å². The smallest absolute Gasteiger partial charge is 0.251 e. The fourth-order valence-corrected chi connectivity index (χ4v) is 5.28. The highest BCUT2D eigenvalue weighted by molar-refractivity contribution is 7.10. The van der Waals surface area contributed by atoms with Crippen LogP contribution in [0.15, 0.2) is 66.0 Å². The van der Waals surface area contributed by atoms with E-state index < -0.39 is 0 Å². The molecule has 178 valence electrons. The standard InChI is InChI=1S/C26H30N4O3S/c1-33-16-23(31)28-19-30-14-12-26(13-15-30,18-27-24(32)21-10-6-3-7-11-21)25-29-22(17-34-25)20-8-4-2-5-9-20/h2-11,17H,12-16,18-19H2,1H3,(H,27,32)(H,28,31). The average molecular weight is 479 g/mol. The van der Waals surface area contributed by atoms with Crippen LogP contribution in [0, 0.1) is 0 Å². The first-order chi connectivity index (χ1) is 16.6. The van der Waals surface area contributed by atoms with Crippen LogP contribution >= 0.6 is 11.3 Å². The van der Waals surface area contributed by atoms with Crippen LogP contribution in [-0.4, -0.2) is 61.7 Å². The number of amides is 2. The topological polar surface area (TPSA) is 83.6 Å². The number of piperidine rings is 1. The van der Waals surface area contributed by atoms with Crippen molar-refractivity contribution in [3.63, 3.8) is 0 Å². The summed E-state index contributed by atoms with van der Waals surface area (Å²) < 4.78 is 4.89. The molecule has 1 aliphatic rings. The summed E-state index contributed by atoms with van der Waals surface area (Å²) in [5.41, 5.74) is 2.45. The van der Waals surface area contributed by atoms with Crippen molar-refractivity contribution in [3.05, 3.63) is 76.6 Å². The maximum absolute atomic E-state index is 12.8. The molecule has 8 heteroatoms. The molecule has 0 aliphatic carbocycles. The van der Waals surface area contributed by atoms with Gasteiger partial charge in [0.05, 0.1) is 12.4 Å². The predicted octanol–water partition coefficient (Wildman–Crippen LogP) is 3.29. The molecular formula is C26H30N4O3S. The lowest BCUT2D eigenvalue weighted by Crippen LogP contribution is -2.51. The minimum atomic E-state index is -0.255. The summed E-state index contributed by atoms with van der Waals surface area (Å²) in [4.78, 5) is 31.8. The number of likely N-dealkylation sites (tertiary alicyclic amines) is 1. The Balaban J connectivity index is 1.49.